The summed E-state index contributed by atoms with van der Waals surface area (Å²) in [5.41, 5.74) is 0.0201. The predicted molar refractivity (Wildman–Crippen MR) is 106 cm³/mol. The summed E-state index contributed by atoms with van der Waals surface area (Å²) >= 11 is 0. The number of guanidine groups is 1. The van der Waals surface area contributed by atoms with E-state index in [1.54, 1.807) is 0 Å². The van der Waals surface area contributed by atoms with Gasteiger partial charge in [0.2, 0.25) is 0 Å². The summed E-state index contributed by atoms with van der Waals surface area (Å²) in [4.78, 5) is 15.4. The van der Waals surface area contributed by atoms with Gasteiger partial charge in [0.1, 0.15) is 0 Å². The summed E-state index contributed by atoms with van der Waals surface area (Å²) in [6.07, 6.45) is -2.47. The predicted octanol–water partition coefficient (Wildman–Crippen LogP) is 3.72. The number of hydrogen-bond donors (Lipinski definition) is 2. The first-order valence-electron chi connectivity index (χ1n) is 8.12. The lowest BCUT2D eigenvalue weighted by Gasteiger charge is -2.11. The van der Waals surface area contributed by atoms with Crippen LogP contribution >= 0.6 is 24.0 Å². The number of aliphatic imine (C=N–C) groups is 1. The molecule has 148 valence electrons. The first kappa shape index (κ1) is 24.5. The second-order valence-corrected chi connectivity index (χ2v) is 5.35. The van der Waals surface area contributed by atoms with Crippen molar-refractivity contribution in [2.24, 2.45) is 4.99 Å². The number of unbranched alkanes of at least 4 members (excludes halogenated alkanes) is 1. The molecule has 26 heavy (non-hydrogen) atoms. The van der Waals surface area contributed by atoms with Crippen molar-refractivity contribution in [3.05, 3.63) is 35.4 Å². The van der Waals surface area contributed by atoms with Gasteiger partial charge in [-0.25, -0.2) is 4.99 Å². The van der Waals surface area contributed by atoms with Crippen LogP contribution in [0.5, 0.6) is 0 Å². The molecule has 0 radical (unpaired) electrons. The van der Waals surface area contributed by atoms with Crippen LogP contribution in [0.3, 0.4) is 0 Å². The number of esters is 1. The zero-order chi connectivity index (χ0) is 18.7. The lowest BCUT2D eigenvalue weighted by molar-refractivity contribution is -0.140. The molecule has 5 nitrogen and oxygen atoms in total. The van der Waals surface area contributed by atoms with Gasteiger partial charge in [0.15, 0.2) is 5.96 Å². The highest BCUT2D eigenvalue weighted by atomic mass is 127. The van der Waals surface area contributed by atoms with E-state index in [4.69, 9.17) is 0 Å². The molecule has 0 bridgehead atoms. The monoisotopic (exact) mass is 487 g/mol. The quantitative estimate of drug-likeness (QED) is 0.193. The summed E-state index contributed by atoms with van der Waals surface area (Å²) in [6, 6.07) is 4.95. The summed E-state index contributed by atoms with van der Waals surface area (Å²) in [7, 11) is 1.36. The number of nitrogens with zero attached hydrogens (tertiary/aromatic N) is 1. The third-order valence-corrected chi connectivity index (χ3v) is 3.37. The lowest BCUT2D eigenvalue weighted by atomic mass is 10.1. The minimum absolute atomic E-state index is 0. The van der Waals surface area contributed by atoms with Crippen LogP contribution < -0.4 is 10.6 Å². The van der Waals surface area contributed by atoms with Gasteiger partial charge in [0.25, 0.3) is 0 Å². The fourth-order valence-corrected chi connectivity index (χ4v) is 2.01. The van der Waals surface area contributed by atoms with Crippen LogP contribution in [0.2, 0.25) is 0 Å². The Hall–Kier alpha value is -1.52. The molecule has 1 rings (SSSR count). The van der Waals surface area contributed by atoms with E-state index in [0.29, 0.717) is 37.5 Å². The Labute approximate surface area is 168 Å². The lowest BCUT2D eigenvalue weighted by Crippen LogP contribution is -2.37. The van der Waals surface area contributed by atoms with E-state index in [1.807, 2.05) is 6.92 Å². The van der Waals surface area contributed by atoms with Crippen LogP contribution in [0.1, 0.15) is 37.3 Å². The second-order valence-electron chi connectivity index (χ2n) is 5.35. The van der Waals surface area contributed by atoms with E-state index >= 15 is 0 Å². The molecule has 2 N–H and O–H groups in total. The van der Waals surface area contributed by atoms with E-state index in [-0.39, 0.29) is 36.5 Å². The smallest absolute Gasteiger partial charge is 0.416 e. The Kier molecular flexibility index (Phi) is 12.0. The number of ether oxygens (including phenoxy) is 1. The van der Waals surface area contributed by atoms with Gasteiger partial charge in [0, 0.05) is 19.5 Å². The average Bonchev–Trinajstić information content (AvgIpc) is 2.58. The molecule has 1 aromatic carbocycles. The van der Waals surface area contributed by atoms with Crippen LogP contribution in [0.15, 0.2) is 29.3 Å². The molecule has 0 amide bonds. The van der Waals surface area contributed by atoms with Gasteiger partial charge in [-0.3, -0.25) is 4.79 Å². The van der Waals surface area contributed by atoms with Crippen LogP contribution in [0.25, 0.3) is 0 Å². The van der Waals surface area contributed by atoms with Crippen molar-refractivity contribution in [1.82, 2.24) is 10.6 Å². The second kappa shape index (κ2) is 12.8. The molecule has 0 spiro atoms. The highest BCUT2D eigenvalue weighted by Gasteiger charge is 2.29. The Bertz CT molecular complexity index is 563. The molecule has 0 heterocycles. The van der Waals surface area contributed by atoms with Gasteiger partial charge in [0.05, 0.1) is 19.2 Å². The number of benzene rings is 1. The highest BCUT2D eigenvalue weighted by molar-refractivity contribution is 14.0. The Morgan fingerprint density at radius 1 is 1.15 bits per heavy atom. The van der Waals surface area contributed by atoms with Gasteiger partial charge in [-0.1, -0.05) is 12.1 Å². The standard InChI is InChI=1S/C17H24F3N3O2.HI/c1-3-21-16(22-11-5-4-6-15(24)25-2)23-12-13-7-9-14(10-8-13)17(18,19)20;/h7-10H,3-6,11-12H2,1-2H3,(H2,21,22,23);1H. The molecule has 0 saturated carbocycles. The van der Waals surface area contributed by atoms with Gasteiger partial charge in [-0.05, 0) is 37.5 Å². The minimum atomic E-state index is -4.33. The van der Waals surface area contributed by atoms with Crippen molar-refractivity contribution in [3.8, 4) is 0 Å². The van der Waals surface area contributed by atoms with Crippen molar-refractivity contribution >= 4 is 35.9 Å². The number of carbonyl (C=O) groups is 1. The third-order valence-electron chi connectivity index (χ3n) is 3.37. The molecule has 0 fully saturated rings. The molecular formula is C17H25F3IN3O2. The normalized spacial score (nSPS) is 11.5. The Morgan fingerprint density at radius 2 is 1.81 bits per heavy atom. The van der Waals surface area contributed by atoms with Crippen molar-refractivity contribution in [1.29, 1.82) is 0 Å². The number of rotatable bonds is 8. The summed E-state index contributed by atoms with van der Waals surface area (Å²) in [5.74, 6) is 0.350. The first-order valence-corrected chi connectivity index (χ1v) is 8.12. The molecule has 9 heteroatoms. The maximum Gasteiger partial charge on any atom is 0.416 e. The molecule has 0 unspecified atom stereocenters. The topological polar surface area (TPSA) is 62.7 Å². The minimum Gasteiger partial charge on any atom is -0.469 e. The fourth-order valence-electron chi connectivity index (χ4n) is 2.01. The van der Waals surface area contributed by atoms with Crippen molar-refractivity contribution < 1.29 is 22.7 Å². The summed E-state index contributed by atoms with van der Waals surface area (Å²) in [6.45, 7) is 3.50. The zero-order valence-corrected chi connectivity index (χ0v) is 17.2. The maximum absolute atomic E-state index is 12.5. The van der Waals surface area contributed by atoms with Crippen molar-refractivity contribution in [2.45, 2.75) is 38.9 Å². The summed E-state index contributed by atoms with van der Waals surface area (Å²) in [5, 5.41) is 6.19. The third kappa shape index (κ3) is 9.83. The molecule has 0 atom stereocenters. The van der Waals surface area contributed by atoms with Crippen LogP contribution in [0, 0.1) is 0 Å². The van der Waals surface area contributed by atoms with Crippen molar-refractivity contribution in [2.75, 3.05) is 20.2 Å². The van der Waals surface area contributed by atoms with Gasteiger partial charge < -0.3 is 15.4 Å². The van der Waals surface area contributed by atoms with Gasteiger partial charge >= 0.3 is 12.1 Å². The van der Waals surface area contributed by atoms with E-state index in [2.05, 4.69) is 20.4 Å². The molecule has 1 aromatic rings. The van der Waals surface area contributed by atoms with E-state index in [0.717, 1.165) is 18.6 Å². The van der Waals surface area contributed by atoms with Crippen LogP contribution in [-0.4, -0.2) is 32.1 Å². The van der Waals surface area contributed by atoms with Crippen molar-refractivity contribution in [3.63, 3.8) is 0 Å². The fraction of sp³-hybridized carbons (Fsp3) is 0.529. The Morgan fingerprint density at radius 3 is 2.35 bits per heavy atom. The first-order chi connectivity index (χ1) is 11.9. The number of methoxy groups -OCH3 is 1. The zero-order valence-electron chi connectivity index (χ0n) is 14.9. The molecule has 0 saturated heterocycles. The van der Waals surface area contributed by atoms with Crippen LogP contribution in [-0.2, 0) is 22.3 Å². The molecular weight excluding hydrogens is 462 g/mol. The largest absolute Gasteiger partial charge is 0.469 e. The van der Waals surface area contributed by atoms with Gasteiger partial charge in [-0.2, -0.15) is 13.2 Å². The van der Waals surface area contributed by atoms with Crippen LogP contribution in [0.4, 0.5) is 13.2 Å². The molecule has 0 aliphatic heterocycles. The number of alkyl halides is 3. The van der Waals surface area contributed by atoms with E-state index in [9.17, 15) is 18.0 Å². The number of carbonyl (C=O) groups excluding carboxylic acids is 1. The molecule has 0 aliphatic rings. The van der Waals surface area contributed by atoms with E-state index in [1.165, 1.54) is 19.2 Å². The number of halogens is 4. The highest BCUT2D eigenvalue weighted by Crippen LogP contribution is 2.29. The summed E-state index contributed by atoms with van der Waals surface area (Å²) < 4.78 is 42.2. The van der Waals surface area contributed by atoms with E-state index < -0.39 is 11.7 Å². The average molecular weight is 487 g/mol. The van der Waals surface area contributed by atoms with Gasteiger partial charge in [-0.15, -0.1) is 24.0 Å². The molecule has 0 aromatic heterocycles. The maximum atomic E-state index is 12.5. The number of hydrogen-bond acceptors (Lipinski definition) is 3. The SMILES string of the molecule is CCNC(=NCc1ccc(C(F)(F)F)cc1)NCCCCC(=O)OC.I. The Balaban J connectivity index is 0.00000625. The molecule has 0 aliphatic carbocycles. The number of nitrogens with one attached hydrogen (secondary N) is 2.